The lowest BCUT2D eigenvalue weighted by atomic mass is 9.95. The van der Waals surface area contributed by atoms with Crippen LogP contribution < -0.4 is 5.32 Å². The van der Waals surface area contributed by atoms with Gasteiger partial charge in [0, 0.05) is 24.7 Å². The Bertz CT molecular complexity index is 448. The van der Waals surface area contributed by atoms with Crippen LogP contribution in [0.4, 0.5) is 0 Å². The second-order valence-corrected chi connectivity index (χ2v) is 6.98. The molecule has 2 aliphatic rings. The fourth-order valence-corrected chi connectivity index (χ4v) is 3.16. The molecule has 1 saturated carbocycles. The Kier molecular flexibility index (Phi) is 4.18. The van der Waals surface area contributed by atoms with Crippen molar-refractivity contribution in [2.24, 2.45) is 11.8 Å². The lowest BCUT2D eigenvalue weighted by molar-refractivity contribution is 0.295. The lowest BCUT2D eigenvalue weighted by Gasteiger charge is -2.17. The SMILES string of the molecule is Cc1oc(CNC2CC2)cc1CN1CCC(C(C)C)C1. The van der Waals surface area contributed by atoms with Gasteiger partial charge in [0.05, 0.1) is 6.54 Å². The predicted octanol–water partition coefficient (Wildman–Crippen LogP) is 3.32. The summed E-state index contributed by atoms with van der Waals surface area (Å²) in [4.78, 5) is 2.58. The molecule has 1 aromatic rings. The van der Waals surface area contributed by atoms with Crippen molar-refractivity contribution in [3.8, 4) is 0 Å². The van der Waals surface area contributed by atoms with Crippen LogP contribution in [0.1, 0.15) is 50.2 Å². The monoisotopic (exact) mass is 276 g/mol. The maximum Gasteiger partial charge on any atom is 0.118 e. The number of nitrogens with one attached hydrogen (secondary N) is 1. The summed E-state index contributed by atoms with van der Waals surface area (Å²) in [5.41, 5.74) is 1.38. The number of aryl methyl sites for hydroxylation is 1. The largest absolute Gasteiger partial charge is 0.465 e. The van der Waals surface area contributed by atoms with E-state index in [0.717, 1.165) is 42.5 Å². The minimum Gasteiger partial charge on any atom is -0.465 e. The number of hydrogen-bond acceptors (Lipinski definition) is 3. The fraction of sp³-hybridized carbons (Fsp3) is 0.765. The van der Waals surface area contributed by atoms with Gasteiger partial charge < -0.3 is 9.73 Å². The molecule has 112 valence electrons. The molecule has 0 aromatic carbocycles. The van der Waals surface area contributed by atoms with Gasteiger partial charge in [-0.3, -0.25) is 4.90 Å². The van der Waals surface area contributed by atoms with Gasteiger partial charge in [0.25, 0.3) is 0 Å². The summed E-state index contributed by atoms with van der Waals surface area (Å²) in [5.74, 6) is 3.89. The van der Waals surface area contributed by atoms with E-state index in [-0.39, 0.29) is 0 Å². The quantitative estimate of drug-likeness (QED) is 0.864. The van der Waals surface area contributed by atoms with Gasteiger partial charge in [-0.25, -0.2) is 0 Å². The summed E-state index contributed by atoms with van der Waals surface area (Å²) < 4.78 is 5.89. The normalized spacial score (nSPS) is 23.9. The van der Waals surface area contributed by atoms with Crippen molar-refractivity contribution >= 4 is 0 Å². The standard InChI is InChI=1S/C17H28N2O/c1-12(2)14-6-7-19(10-14)11-15-8-17(20-13(15)3)9-18-16-4-5-16/h8,12,14,16,18H,4-7,9-11H2,1-3H3. The molecule has 2 fully saturated rings. The second kappa shape index (κ2) is 5.90. The van der Waals surface area contributed by atoms with E-state index in [1.165, 1.54) is 37.9 Å². The molecule has 2 heterocycles. The third-order valence-electron chi connectivity index (χ3n) is 4.86. The van der Waals surface area contributed by atoms with Gasteiger partial charge >= 0.3 is 0 Å². The predicted molar refractivity (Wildman–Crippen MR) is 81.5 cm³/mol. The van der Waals surface area contributed by atoms with Crippen molar-refractivity contribution in [1.82, 2.24) is 10.2 Å². The highest BCUT2D eigenvalue weighted by molar-refractivity contribution is 5.21. The fourth-order valence-electron chi connectivity index (χ4n) is 3.16. The molecule has 1 atom stereocenters. The van der Waals surface area contributed by atoms with Crippen molar-refractivity contribution in [3.05, 3.63) is 23.2 Å². The summed E-state index contributed by atoms with van der Waals surface area (Å²) in [6, 6.07) is 3.00. The Morgan fingerprint density at radius 3 is 2.80 bits per heavy atom. The van der Waals surface area contributed by atoms with E-state index in [4.69, 9.17) is 4.42 Å². The van der Waals surface area contributed by atoms with Gasteiger partial charge in [0.2, 0.25) is 0 Å². The molecule has 1 unspecified atom stereocenters. The van der Waals surface area contributed by atoms with E-state index in [0.29, 0.717) is 0 Å². The van der Waals surface area contributed by atoms with E-state index >= 15 is 0 Å². The average Bonchev–Trinajstić information content (AvgIpc) is 3.01. The van der Waals surface area contributed by atoms with Crippen LogP contribution in [0.2, 0.25) is 0 Å². The number of hydrogen-bond donors (Lipinski definition) is 1. The molecule has 1 saturated heterocycles. The molecule has 1 aliphatic heterocycles. The van der Waals surface area contributed by atoms with E-state index in [9.17, 15) is 0 Å². The summed E-state index contributed by atoms with van der Waals surface area (Å²) in [6.45, 7) is 11.2. The van der Waals surface area contributed by atoms with Gasteiger partial charge in [-0.2, -0.15) is 0 Å². The van der Waals surface area contributed by atoms with E-state index in [1.807, 2.05) is 0 Å². The first-order chi connectivity index (χ1) is 9.61. The van der Waals surface area contributed by atoms with Crippen LogP contribution in [0.3, 0.4) is 0 Å². The van der Waals surface area contributed by atoms with Crippen LogP contribution in [0.25, 0.3) is 0 Å². The Morgan fingerprint density at radius 1 is 1.35 bits per heavy atom. The van der Waals surface area contributed by atoms with Gasteiger partial charge in [0.15, 0.2) is 0 Å². The molecular formula is C17H28N2O. The molecule has 3 rings (SSSR count). The Morgan fingerprint density at radius 2 is 2.15 bits per heavy atom. The topological polar surface area (TPSA) is 28.4 Å². The van der Waals surface area contributed by atoms with Gasteiger partial charge in [0.1, 0.15) is 11.5 Å². The Hall–Kier alpha value is -0.800. The summed E-state index contributed by atoms with van der Waals surface area (Å²) in [6.07, 6.45) is 4.01. The number of likely N-dealkylation sites (tertiary alicyclic amines) is 1. The molecule has 1 N–H and O–H groups in total. The first kappa shape index (κ1) is 14.2. The summed E-state index contributed by atoms with van der Waals surface area (Å²) >= 11 is 0. The smallest absolute Gasteiger partial charge is 0.118 e. The van der Waals surface area contributed by atoms with Gasteiger partial charge in [-0.1, -0.05) is 13.8 Å². The zero-order valence-electron chi connectivity index (χ0n) is 13.1. The Balaban J connectivity index is 1.54. The minimum atomic E-state index is 0.745. The maximum absolute atomic E-state index is 5.89. The first-order valence-corrected chi connectivity index (χ1v) is 8.15. The van der Waals surface area contributed by atoms with E-state index < -0.39 is 0 Å². The van der Waals surface area contributed by atoms with Gasteiger partial charge in [-0.15, -0.1) is 0 Å². The first-order valence-electron chi connectivity index (χ1n) is 8.15. The van der Waals surface area contributed by atoms with Crippen LogP contribution in [0.5, 0.6) is 0 Å². The van der Waals surface area contributed by atoms with Crippen LogP contribution >= 0.6 is 0 Å². The number of furan rings is 1. The van der Waals surface area contributed by atoms with Crippen molar-refractivity contribution in [2.75, 3.05) is 13.1 Å². The zero-order chi connectivity index (χ0) is 14.1. The van der Waals surface area contributed by atoms with Crippen LogP contribution in [0, 0.1) is 18.8 Å². The van der Waals surface area contributed by atoms with Crippen molar-refractivity contribution < 1.29 is 4.42 Å². The third kappa shape index (κ3) is 3.44. The highest BCUT2D eigenvalue weighted by Gasteiger charge is 2.26. The molecule has 3 nitrogen and oxygen atoms in total. The van der Waals surface area contributed by atoms with Gasteiger partial charge in [-0.05, 0) is 50.6 Å². The third-order valence-corrected chi connectivity index (χ3v) is 4.86. The van der Waals surface area contributed by atoms with E-state index in [2.05, 4.69) is 37.1 Å². The molecule has 20 heavy (non-hydrogen) atoms. The molecule has 0 radical (unpaired) electrons. The average molecular weight is 276 g/mol. The van der Waals surface area contributed by atoms with Crippen LogP contribution in [0.15, 0.2) is 10.5 Å². The summed E-state index contributed by atoms with van der Waals surface area (Å²) in [7, 11) is 0. The van der Waals surface area contributed by atoms with Crippen LogP contribution in [-0.2, 0) is 13.1 Å². The molecule has 1 aliphatic carbocycles. The molecule has 0 spiro atoms. The Labute approximate surface area is 122 Å². The second-order valence-electron chi connectivity index (χ2n) is 6.98. The van der Waals surface area contributed by atoms with Crippen molar-refractivity contribution in [2.45, 2.75) is 59.2 Å². The molecule has 3 heteroatoms. The highest BCUT2D eigenvalue weighted by Crippen LogP contribution is 2.26. The highest BCUT2D eigenvalue weighted by atomic mass is 16.3. The zero-order valence-corrected chi connectivity index (χ0v) is 13.1. The molecule has 0 bridgehead atoms. The van der Waals surface area contributed by atoms with E-state index in [1.54, 1.807) is 0 Å². The molecule has 1 aromatic heterocycles. The maximum atomic E-state index is 5.89. The van der Waals surface area contributed by atoms with Crippen molar-refractivity contribution in [1.29, 1.82) is 0 Å². The minimum absolute atomic E-state index is 0.745. The van der Waals surface area contributed by atoms with Crippen LogP contribution in [-0.4, -0.2) is 24.0 Å². The lowest BCUT2D eigenvalue weighted by Crippen LogP contribution is -2.21. The van der Waals surface area contributed by atoms with Crippen molar-refractivity contribution in [3.63, 3.8) is 0 Å². The number of rotatable bonds is 6. The molecular weight excluding hydrogens is 248 g/mol. The summed E-state index contributed by atoms with van der Waals surface area (Å²) in [5, 5.41) is 3.52. The number of nitrogens with zero attached hydrogens (tertiary/aromatic N) is 1. The molecule has 0 amide bonds.